The highest BCUT2D eigenvalue weighted by atomic mass is 16.3. The van der Waals surface area contributed by atoms with Gasteiger partial charge in [0.1, 0.15) is 5.75 Å². The highest BCUT2D eigenvalue weighted by Gasteiger charge is 2.13. The van der Waals surface area contributed by atoms with E-state index in [4.69, 9.17) is 5.11 Å². The van der Waals surface area contributed by atoms with Gasteiger partial charge in [-0.05, 0) is 38.8 Å². The maximum atomic E-state index is 11.9. The number of carbonyl (C=O) groups is 1. The number of hydrogen-bond acceptors (Lipinski definition) is 3. The lowest BCUT2D eigenvalue weighted by Crippen LogP contribution is -2.33. The molecule has 0 aliphatic rings. The molecule has 4 nitrogen and oxygen atoms in total. The first-order valence-electron chi connectivity index (χ1n) is 5.76. The van der Waals surface area contributed by atoms with Crippen LogP contribution in [-0.2, 0) is 0 Å². The maximum Gasteiger partial charge on any atom is 0.251 e. The lowest BCUT2D eigenvalue weighted by atomic mass is 10.1. The van der Waals surface area contributed by atoms with E-state index in [2.05, 4.69) is 5.32 Å². The van der Waals surface area contributed by atoms with Gasteiger partial charge in [0, 0.05) is 23.8 Å². The largest absolute Gasteiger partial charge is 0.508 e. The Bertz CT molecular complexity index is 390. The summed E-state index contributed by atoms with van der Waals surface area (Å²) in [6.07, 6.45) is 1.40. The molecule has 0 spiro atoms. The fourth-order valence-electron chi connectivity index (χ4n) is 1.64. The van der Waals surface area contributed by atoms with Gasteiger partial charge < -0.3 is 15.5 Å². The predicted octanol–water partition coefficient (Wildman–Crippen LogP) is 1.59. The highest BCUT2D eigenvalue weighted by Crippen LogP contribution is 2.19. The Morgan fingerprint density at radius 2 is 2.18 bits per heavy atom. The van der Waals surface area contributed by atoms with Gasteiger partial charge in [-0.3, -0.25) is 4.79 Å². The Labute approximate surface area is 101 Å². The van der Waals surface area contributed by atoms with Gasteiger partial charge in [-0.25, -0.2) is 0 Å². The summed E-state index contributed by atoms with van der Waals surface area (Å²) in [5.74, 6) is -0.0653. The normalized spacial score (nSPS) is 12.2. The number of benzene rings is 1. The average molecular weight is 237 g/mol. The van der Waals surface area contributed by atoms with E-state index >= 15 is 0 Å². The summed E-state index contributed by atoms with van der Waals surface area (Å²) in [6.45, 7) is 3.74. The van der Waals surface area contributed by atoms with Crippen LogP contribution in [0.15, 0.2) is 18.2 Å². The number of carbonyl (C=O) groups excluding carboxylic acids is 1. The molecule has 0 saturated carbocycles. The van der Waals surface area contributed by atoms with Crippen LogP contribution in [0.5, 0.6) is 5.75 Å². The van der Waals surface area contributed by atoms with Crippen molar-refractivity contribution in [3.8, 4) is 5.75 Å². The minimum atomic E-state index is -0.191. The fraction of sp³-hybridized carbons (Fsp3) is 0.462. The number of hydrogen-bond donors (Lipinski definition) is 3. The lowest BCUT2D eigenvalue weighted by Gasteiger charge is -2.14. The molecule has 1 atom stereocenters. The first kappa shape index (κ1) is 13.5. The van der Waals surface area contributed by atoms with E-state index in [0.717, 1.165) is 6.42 Å². The van der Waals surface area contributed by atoms with Crippen molar-refractivity contribution in [3.63, 3.8) is 0 Å². The van der Waals surface area contributed by atoms with Gasteiger partial charge in [0.05, 0.1) is 0 Å². The monoisotopic (exact) mass is 237 g/mol. The first-order valence-corrected chi connectivity index (χ1v) is 5.76. The summed E-state index contributed by atoms with van der Waals surface area (Å²) in [5.41, 5.74) is 1.07. The number of phenols is 1. The lowest BCUT2D eigenvalue weighted by molar-refractivity contribution is 0.0935. The summed E-state index contributed by atoms with van der Waals surface area (Å²) in [4.78, 5) is 11.9. The van der Waals surface area contributed by atoms with Crippen molar-refractivity contribution in [3.05, 3.63) is 29.3 Å². The van der Waals surface area contributed by atoms with Gasteiger partial charge in [-0.2, -0.15) is 0 Å². The van der Waals surface area contributed by atoms with E-state index in [1.165, 1.54) is 0 Å². The standard InChI is InChI=1S/C13H19NO3/c1-9(5-4-8-15)14-13(17)11-6-3-7-12(16)10(11)2/h3,6-7,9,15-16H,4-5,8H2,1-2H3,(H,14,17). The molecule has 0 aliphatic heterocycles. The van der Waals surface area contributed by atoms with Gasteiger partial charge in [0.25, 0.3) is 5.91 Å². The third-order valence-corrected chi connectivity index (χ3v) is 2.72. The second kappa shape index (κ2) is 6.25. The molecule has 0 saturated heterocycles. The summed E-state index contributed by atoms with van der Waals surface area (Å²) < 4.78 is 0. The molecule has 0 fully saturated rings. The summed E-state index contributed by atoms with van der Waals surface area (Å²) in [7, 11) is 0. The Morgan fingerprint density at radius 3 is 2.82 bits per heavy atom. The van der Waals surface area contributed by atoms with Crippen LogP contribution < -0.4 is 5.32 Å². The molecule has 0 aliphatic carbocycles. The zero-order valence-electron chi connectivity index (χ0n) is 10.2. The van der Waals surface area contributed by atoms with Crippen LogP contribution in [0.1, 0.15) is 35.7 Å². The van der Waals surface area contributed by atoms with Crippen molar-refractivity contribution in [1.82, 2.24) is 5.32 Å². The molecule has 1 rings (SSSR count). The molecule has 1 aromatic carbocycles. The van der Waals surface area contributed by atoms with E-state index in [0.29, 0.717) is 17.5 Å². The van der Waals surface area contributed by atoms with Crippen LogP contribution in [0.4, 0.5) is 0 Å². The van der Waals surface area contributed by atoms with Crippen molar-refractivity contribution >= 4 is 5.91 Å². The number of aromatic hydroxyl groups is 1. The number of amides is 1. The number of aliphatic hydroxyl groups is 1. The van der Waals surface area contributed by atoms with Gasteiger partial charge in [0.2, 0.25) is 0 Å². The molecule has 1 amide bonds. The molecule has 17 heavy (non-hydrogen) atoms. The summed E-state index contributed by atoms with van der Waals surface area (Å²) in [6, 6.07) is 4.90. The number of rotatable bonds is 5. The zero-order chi connectivity index (χ0) is 12.8. The van der Waals surface area contributed by atoms with Crippen LogP contribution in [0, 0.1) is 6.92 Å². The third kappa shape index (κ3) is 3.75. The molecular formula is C13H19NO3. The topological polar surface area (TPSA) is 69.6 Å². The summed E-state index contributed by atoms with van der Waals surface area (Å²) >= 11 is 0. The first-order chi connectivity index (χ1) is 8.06. The molecule has 0 bridgehead atoms. The fourth-order valence-corrected chi connectivity index (χ4v) is 1.64. The van der Waals surface area contributed by atoms with Gasteiger partial charge in [-0.15, -0.1) is 0 Å². The van der Waals surface area contributed by atoms with Gasteiger partial charge in [-0.1, -0.05) is 6.07 Å². The van der Waals surface area contributed by atoms with Crippen LogP contribution in [0.25, 0.3) is 0 Å². The van der Waals surface area contributed by atoms with Crippen molar-refractivity contribution in [2.45, 2.75) is 32.7 Å². The SMILES string of the molecule is Cc1c(O)cccc1C(=O)NC(C)CCCO. The average Bonchev–Trinajstić information content (AvgIpc) is 2.29. The van der Waals surface area contributed by atoms with Crippen LogP contribution >= 0.6 is 0 Å². The molecule has 0 radical (unpaired) electrons. The molecule has 94 valence electrons. The quantitative estimate of drug-likeness (QED) is 0.728. The third-order valence-electron chi connectivity index (χ3n) is 2.72. The van der Waals surface area contributed by atoms with E-state index in [9.17, 15) is 9.90 Å². The Balaban J connectivity index is 2.67. The number of nitrogens with one attached hydrogen (secondary N) is 1. The minimum Gasteiger partial charge on any atom is -0.508 e. The van der Waals surface area contributed by atoms with E-state index in [1.54, 1.807) is 25.1 Å². The van der Waals surface area contributed by atoms with Crippen LogP contribution in [-0.4, -0.2) is 28.8 Å². The molecule has 4 heteroatoms. The summed E-state index contributed by atoms with van der Waals surface area (Å²) in [5, 5.41) is 21.1. The molecule has 3 N–H and O–H groups in total. The smallest absolute Gasteiger partial charge is 0.251 e. The molecular weight excluding hydrogens is 218 g/mol. The van der Waals surface area contributed by atoms with Crippen molar-refractivity contribution in [1.29, 1.82) is 0 Å². The van der Waals surface area contributed by atoms with Crippen molar-refractivity contribution in [2.24, 2.45) is 0 Å². The molecule has 1 unspecified atom stereocenters. The maximum absolute atomic E-state index is 11.9. The number of phenolic OH excluding ortho intramolecular Hbond substituents is 1. The second-order valence-electron chi connectivity index (χ2n) is 4.19. The highest BCUT2D eigenvalue weighted by molar-refractivity contribution is 5.96. The molecule has 0 aromatic heterocycles. The minimum absolute atomic E-state index is 0.0106. The van der Waals surface area contributed by atoms with Crippen LogP contribution in [0.2, 0.25) is 0 Å². The Hall–Kier alpha value is -1.55. The second-order valence-corrected chi connectivity index (χ2v) is 4.19. The van der Waals surface area contributed by atoms with E-state index < -0.39 is 0 Å². The molecule has 1 aromatic rings. The Kier molecular flexibility index (Phi) is 4.97. The van der Waals surface area contributed by atoms with Gasteiger partial charge in [0.15, 0.2) is 0 Å². The van der Waals surface area contributed by atoms with Crippen LogP contribution in [0.3, 0.4) is 0 Å². The van der Waals surface area contributed by atoms with Gasteiger partial charge >= 0.3 is 0 Å². The number of aliphatic hydroxyl groups excluding tert-OH is 1. The van der Waals surface area contributed by atoms with Crippen molar-refractivity contribution in [2.75, 3.05) is 6.61 Å². The van der Waals surface area contributed by atoms with Crippen molar-refractivity contribution < 1.29 is 15.0 Å². The Morgan fingerprint density at radius 1 is 1.47 bits per heavy atom. The predicted molar refractivity (Wildman–Crippen MR) is 66.1 cm³/mol. The molecule has 0 heterocycles. The van der Waals surface area contributed by atoms with E-state index in [1.807, 2.05) is 6.92 Å². The zero-order valence-corrected chi connectivity index (χ0v) is 10.2. The van der Waals surface area contributed by atoms with E-state index in [-0.39, 0.29) is 24.3 Å².